The molecule has 2 aliphatic carbocycles. The normalized spacial score (nSPS) is 16.7. The van der Waals surface area contributed by atoms with Gasteiger partial charge >= 0.3 is 124 Å². The first-order valence-electron chi connectivity index (χ1n) is 7.05. The first-order chi connectivity index (χ1) is 8.67. The van der Waals surface area contributed by atoms with Crippen LogP contribution < -0.4 is 24.8 Å². The van der Waals surface area contributed by atoms with Gasteiger partial charge in [0, 0.05) is 0 Å². The molecule has 2 rings (SSSR count). The third kappa shape index (κ3) is 4.57. The molecule has 0 nitrogen and oxygen atoms in total. The Labute approximate surface area is 147 Å². The van der Waals surface area contributed by atoms with E-state index in [4.69, 9.17) is 0 Å². The molecule has 0 saturated heterocycles. The van der Waals surface area contributed by atoms with Crippen LogP contribution in [-0.4, -0.2) is 5.43 Å². The first kappa shape index (κ1) is 20.6. The molecule has 0 aliphatic heterocycles. The Kier molecular flexibility index (Phi) is 9.92. The van der Waals surface area contributed by atoms with Crippen molar-refractivity contribution in [2.75, 3.05) is 0 Å². The zero-order chi connectivity index (χ0) is 13.1. The van der Waals surface area contributed by atoms with E-state index < -0.39 is 0 Å². The molecule has 0 aromatic carbocycles. The zero-order valence-electron chi connectivity index (χ0n) is 12.8. The minimum atomic E-state index is -0.269. The fraction of sp³-hybridized carbons (Fsp3) is 0.500. The predicted molar refractivity (Wildman–Crippen MR) is 78.6 cm³/mol. The minimum absolute atomic E-state index is 0. The molecule has 0 aromatic heterocycles. The molecular weight excluding hydrogens is 382 g/mol. The van der Waals surface area contributed by atoms with Gasteiger partial charge in [-0.1, -0.05) is 0 Å². The van der Waals surface area contributed by atoms with Gasteiger partial charge in [0.2, 0.25) is 0 Å². The molecule has 4 heteroatoms. The smallest absolute Gasteiger partial charge is 1.00 e. The van der Waals surface area contributed by atoms with E-state index in [1.807, 2.05) is 3.28 Å². The molecule has 0 N–H and O–H groups in total. The number of hydrogen-bond donors (Lipinski definition) is 0. The number of hydrogen-bond acceptors (Lipinski definition) is 0. The van der Waals surface area contributed by atoms with E-state index in [0.717, 1.165) is 0 Å². The van der Waals surface area contributed by atoms with Crippen LogP contribution in [0.5, 0.6) is 0 Å². The van der Waals surface area contributed by atoms with Gasteiger partial charge in [-0.2, -0.15) is 0 Å². The second kappa shape index (κ2) is 9.62. The van der Waals surface area contributed by atoms with E-state index in [2.05, 4.69) is 45.2 Å². The first-order valence-corrected chi connectivity index (χ1v) is 14.5. The summed E-state index contributed by atoms with van der Waals surface area (Å²) in [6, 6.07) is 0. The standard InChI is InChI=1S/C14H17.C2H6Si.2ClH.Zr/c1-3-11-9-10-14(13(11)4-2)12-7-5-6-8-12;1-3-2;;;/h5-7H,3-4,8-9H2,1-2H3;1-2H3;2*1H;/q;;;;+2/p-2. The quantitative estimate of drug-likeness (QED) is 0.526. The van der Waals surface area contributed by atoms with Crippen molar-refractivity contribution in [3.8, 4) is 0 Å². The summed E-state index contributed by atoms with van der Waals surface area (Å²) in [5.41, 5.74) is 6.81. The van der Waals surface area contributed by atoms with Gasteiger partial charge in [0.15, 0.2) is 0 Å². The van der Waals surface area contributed by atoms with E-state index in [1.54, 1.807) is 22.3 Å². The van der Waals surface area contributed by atoms with Crippen LogP contribution in [0.25, 0.3) is 0 Å². The predicted octanol–water partition coefficient (Wildman–Crippen LogP) is -1.01. The average molecular weight is 406 g/mol. The molecule has 0 atom stereocenters. The molecule has 109 valence electrons. The van der Waals surface area contributed by atoms with Crippen LogP contribution in [0.15, 0.2) is 43.8 Å². The number of allylic oxidation sites excluding steroid dienone is 8. The Morgan fingerprint density at radius 3 is 2.30 bits per heavy atom. The van der Waals surface area contributed by atoms with Crippen molar-refractivity contribution < 1.29 is 46.7 Å². The van der Waals surface area contributed by atoms with E-state index in [1.165, 1.54) is 25.7 Å². The molecule has 0 amide bonds. The van der Waals surface area contributed by atoms with Crippen LogP contribution in [0, 0.1) is 0 Å². The fourth-order valence-electron chi connectivity index (χ4n) is 2.96. The van der Waals surface area contributed by atoms with Gasteiger partial charge in [-0.05, 0) is 0 Å². The van der Waals surface area contributed by atoms with E-state index in [-0.39, 0.29) is 52.1 Å². The summed E-state index contributed by atoms with van der Waals surface area (Å²) < 4.78 is 1.92. The van der Waals surface area contributed by atoms with Gasteiger partial charge in [0.05, 0.1) is 0 Å². The van der Waals surface area contributed by atoms with Gasteiger partial charge in [0.25, 0.3) is 0 Å². The van der Waals surface area contributed by atoms with E-state index in [0.29, 0.717) is 0 Å². The summed E-state index contributed by atoms with van der Waals surface area (Å²) in [5.74, 6) is 0. The topological polar surface area (TPSA) is 0 Å². The van der Waals surface area contributed by atoms with Crippen LogP contribution in [0.1, 0.15) is 39.5 Å². The Balaban J connectivity index is 0.00000180. The van der Waals surface area contributed by atoms with Crippen molar-refractivity contribution >= 4 is 5.43 Å². The summed E-state index contributed by atoms with van der Waals surface area (Å²) in [6.45, 7) is 9.70. The maximum absolute atomic E-state index is 2.51. The third-order valence-corrected chi connectivity index (χ3v) is 11.5. The van der Waals surface area contributed by atoms with Crippen molar-refractivity contribution in [1.82, 2.24) is 0 Å². The third-order valence-electron chi connectivity index (χ3n) is 3.69. The maximum Gasteiger partial charge on any atom is -1.00 e. The SMILES string of the molecule is CCC1=C(CC)C(C2=CC=CC2)=[C]([Zr+2]=[Si](C)C)C1.[Cl-].[Cl-]. The summed E-state index contributed by atoms with van der Waals surface area (Å²) in [7, 11) is 0. The summed E-state index contributed by atoms with van der Waals surface area (Å²) in [5, 5.41) is 0. The molecule has 0 aromatic rings. The van der Waals surface area contributed by atoms with Crippen LogP contribution in [0.3, 0.4) is 0 Å². The van der Waals surface area contributed by atoms with Crippen molar-refractivity contribution in [3.05, 3.63) is 43.8 Å². The second-order valence-corrected chi connectivity index (χ2v) is 18.2. The van der Waals surface area contributed by atoms with E-state index in [9.17, 15) is 0 Å². The van der Waals surface area contributed by atoms with E-state index >= 15 is 0 Å². The Hall–Kier alpha value is 0.640. The van der Waals surface area contributed by atoms with Crippen molar-refractivity contribution in [2.45, 2.75) is 52.6 Å². The summed E-state index contributed by atoms with van der Waals surface area (Å²) in [4.78, 5) is 0. The molecule has 0 saturated carbocycles. The number of halogens is 2. The van der Waals surface area contributed by atoms with Gasteiger partial charge in [0.1, 0.15) is 0 Å². The van der Waals surface area contributed by atoms with Gasteiger partial charge < -0.3 is 24.8 Å². The van der Waals surface area contributed by atoms with Gasteiger partial charge in [-0.15, -0.1) is 0 Å². The monoisotopic (exact) mass is 403 g/mol. The zero-order valence-corrected chi connectivity index (χ0v) is 17.8. The van der Waals surface area contributed by atoms with Crippen LogP contribution >= 0.6 is 0 Å². The second-order valence-electron chi connectivity index (χ2n) is 5.27. The fourth-order valence-corrected chi connectivity index (χ4v) is 11.1. The Bertz CT molecular complexity index is 507. The largest absolute Gasteiger partial charge is 1.00 e. The number of rotatable bonds is 4. The average Bonchev–Trinajstić information content (AvgIpc) is 2.94. The minimum Gasteiger partial charge on any atom is -1.00 e. The molecule has 0 spiro atoms. The summed E-state index contributed by atoms with van der Waals surface area (Å²) in [6.07, 6.45) is 11.9. The maximum atomic E-state index is 2.51. The van der Waals surface area contributed by atoms with Crippen LogP contribution in [0.4, 0.5) is 0 Å². The Morgan fingerprint density at radius 1 is 1.15 bits per heavy atom. The van der Waals surface area contributed by atoms with Crippen LogP contribution in [0.2, 0.25) is 13.1 Å². The van der Waals surface area contributed by atoms with Gasteiger partial charge in [-0.25, -0.2) is 0 Å². The molecule has 0 bridgehead atoms. The van der Waals surface area contributed by atoms with Crippen molar-refractivity contribution in [2.24, 2.45) is 0 Å². The molecular formula is C16H23Cl2SiZr. The molecule has 0 radical (unpaired) electrons. The van der Waals surface area contributed by atoms with Crippen molar-refractivity contribution in [3.63, 3.8) is 0 Å². The van der Waals surface area contributed by atoms with Gasteiger partial charge in [-0.3, -0.25) is 0 Å². The van der Waals surface area contributed by atoms with Crippen LogP contribution in [-0.2, 0) is 21.9 Å². The molecule has 20 heavy (non-hydrogen) atoms. The van der Waals surface area contributed by atoms with Crippen molar-refractivity contribution in [1.29, 1.82) is 0 Å². The molecule has 0 heterocycles. The molecule has 0 fully saturated rings. The molecule has 2 aliphatic rings. The summed E-state index contributed by atoms with van der Waals surface area (Å²) >= 11 is -0.269. The Morgan fingerprint density at radius 2 is 1.85 bits per heavy atom. The molecule has 0 unspecified atom stereocenters.